The van der Waals surface area contributed by atoms with Crippen molar-refractivity contribution in [2.45, 2.75) is 32.4 Å². The Morgan fingerprint density at radius 1 is 1.10 bits per heavy atom. The number of morpholine rings is 1. The van der Waals surface area contributed by atoms with Gasteiger partial charge in [-0.3, -0.25) is 14.6 Å². The lowest BCUT2D eigenvalue weighted by atomic mass is 10.1. The minimum atomic E-state index is -0.0248. The summed E-state index contributed by atoms with van der Waals surface area (Å²) in [6.45, 7) is 11.7. The SMILES string of the molecule is CCC(CN)N1CCN(C(C)C(=O)N2CCOCC2)CC1. The van der Waals surface area contributed by atoms with Crippen LogP contribution >= 0.6 is 0 Å². The molecule has 2 heterocycles. The van der Waals surface area contributed by atoms with Crippen molar-refractivity contribution in [3.63, 3.8) is 0 Å². The van der Waals surface area contributed by atoms with E-state index in [9.17, 15) is 4.79 Å². The van der Waals surface area contributed by atoms with Crippen LogP contribution < -0.4 is 5.73 Å². The van der Waals surface area contributed by atoms with Gasteiger partial charge in [0.2, 0.25) is 5.91 Å². The average Bonchev–Trinajstić information content (AvgIpc) is 2.56. The van der Waals surface area contributed by atoms with Gasteiger partial charge in [0.25, 0.3) is 0 Å². The zero-order valence-corrected chi connectivity index (χ0v) is 13.5. The minimum absolute atomic E-state index is 0.0248. The molecular weight excluding hydrogens is 268 g/mol. The second kappa shape index (κ2) is 8.08. The van der Waals surface area contributed by atoms with Crippen LogP contribution in [-0.4, -0.2) is 91.7 Å². The van der Waals surface area contributed by atoms with Gasteiger partial charge in [-0.25, -0.2) is 0 Å². The quantitative estimate of drug-likeness (QED) is 0.747. The van der Waals surface area contributed by atoms with Gasteiger partial charge in [0, 0.05) is 51.9 Å². The van der Waals surface area contributed by atoms with Crippen molar-refractivity contribution in [3.8, 4) is 0 Å². The fraction of sp³-hybridized carbons (Fsp3) is 0.933. The summed E-state index contributed by atoms with van der Waals surface area (Å²) < 4.78 is 5.31. The van der Waals surface area contributed by atoms with E-state index in [1.165, 1.54) is 0 Å². The molecule has 2 aliphatic heterocycles. The molecule has 2 atom stereocenters. The first-order valence-corrected chi connectivity index (χ1v) is 8.22. The molecule has 2 unspecified atom stereocenters. The topological polar surface area (TPSA) is 62.0 Å². The number of carbonyl (C=O) groups excluding carboxylic acids is 1. The van der Waals surface area contributed by atoms with Gasteiger partial charge in [-0.1, -0.05) is 6.92 Å². The molecule has 0 saturated carbocycles. The van der Waals surface area contributed by atoms with Crippen molar-refractivity contribution in [1.82, 2.24) is 14.7 Å². The summed E-state index contributed by atoms with van der Waals surface area (Å²) in [4.78, 5) is 19.2. The number of carbonyl (C=O) groups is 1. The Labute approximate surface area is 128 Å². The Morgan fingerprint density at radius 2 is 1.67 bits per heavy atom. The maximum absolute atomic E-state index is 12.5. The van der Waals surface area contributed by atoms with Gasteiger partial charge in [0.05, 0.1) is 19.3 Å². The summed E-state index contributed by atoms with van der Waals surface area (Å²) in [7, 11) is 0. The number of rotatable bonds is 5. The second-order valence-corrected chi connectivity index (χ2v) is 5.98. The van der Waals surface area contributed by atoms with Crippen molar-refractivity contribution in [3.05, 3.63) is 0 Å². The fourth-order valence-electron chi connectivity index (χ4n) is 3.27. The standard InChI is InChI=1S/C15H30N4O2/c1-3-14(12-16)18-6-4-17(5-7-18)13(2)15(20)19-8-10-21-11-9-19/h13-14H,3-12,16H2,1-2H3. The third kappa shape index (κ3) is 4.16. The van der Waals surface area contributed by atoms with Crippen LogP contribution in [0.15, 0.2) is 0 Å². The van der Waals surface area contributed by atoms with Crippen molar-refractivity contribution < 1.29 is 9.53 Å². The number of hydrogen-bond donors (Lipinski definition) is 1. The zero-order chi connectivity index (χ0) is 15.2. The van der Waals surface area contributed by atoms with E-state index in [1.54, 1.807) is 0 Å². The van der Waals surface area contributed by atoms with Crippen molar-refractivity contribution in [1.29, 1.82) is 0 Å². The van der Waals surface area contributed by atoms with Crippen LogP contribution in [0.5, 0.6) is 0 Å². The molecule has 0 aliphatic carbocycles. The first-order chi connectivity index (χ1) is 10.2. The van der Waals surface area contributed by atoms with E-state index in [1.807, 2.05) is 11.8 Å². The fourth-order valence-corrected chi connectivity index (χ4v) is 3.27. The smallest absolute Gasteiger partial charge is 0.239 e. The monoisotopic (exact) mass is 298 g/mol. The summed E-state index contributed by atoms with van der Waals surface area (Å²) in [6, 6.07) is 0.459. The summed E-state index contributed by atoms with van der Waals surface area (Å²) in [5, 5.41) is 0. The van der Waals surface area contributed by atoms with E-state index in [2.05, 4.69) is 16.7 Å². The number of nitrogens with two attached hydrogens (primary N) is 1. The average molecular weight is 298 g/mol. The molecule has 6 nitrogen and oxygen atoms in total. The zero-order valence-electron chi connectivity index (χ0n) is 13.5. The van der Waals surface area contributed by atoms with Gasteiger partial charge in [0.1, 0.15) is 0 Å². The van der Waals surface area contributed by atoms with Crippen LogP contribution in [0.25, 0.3) is 0 Å². The van der Waals surface area contributed by atoms with Crippen molar-refractivity contribution in [2.24, 2.45) is 5.73 Å². The predicted molar refractivity (Wildman–Crippen MR) is 83.1 cm³/mol. The molecule has 0 bridgehead atoms. The van der Waals surface area contributed by atoms with Gasteiger partial charge >= 0.3 is 0 Å². The summed E-state index contributed by atoms with van der Waals surface area (Å²) in [6.07, 6.45) is 1.10. The van der Waals surface area contributed by atoms with E-state index in [0.29, 0.717) is 19.3 Å². The summed E-state index contributed by atoms with van der Waals surface area (Å²) in [5.41, 5.74) is 5.83. The second-order valence-electron chi connectivity index (χ2n) is 5.98. The van der Waals surface area contributed by atoms with Crippen LogP contribution in [0.3, 0.4) is 0 Å². The Kier molecular flexibility index (Phi) is 6.41. The molecule has 0 aromatic rings. The van der Waals surface area contributed by atoms with Crippen molar-refractivity contribution in [2.75, 3.05) is 59.0 Å². The Balaban J connectivity index is 1.82. The van der Waals surface area contributed by atoms with Crippen LogP contribution in [0.4, 0.5) is 0 Å². The Bertz CT molecular complexity index is 322. The first kappa shape index (κ1) is 16.7. The highest BCUT2D eigenvalue weighted by atomic mass is 16.5. The predicted octanol–water partition coefficient (Wildman–Crippen LogP) is -0.411. The van der Waals surface area contributed by atoms with E-state index in [4.69, 9.17) is 10.5 Å². The third-order valence-corrected chi connectivity index (χ3v) is 4.84. The number of hydrogen-bond acceptors (Lipinski definition) is 5. The molecule has 2 fully saturated rings. The molecule has 2 saturated heterocycles. The van der Waals surface area contributed by atoms with Gasteiger partial charge in [-0.15, -0.1) is 0 Å². The molecule has 2 rings (SSSR count). The molecule has 6 heteroatoms. The van der Waals surface area contributed by atoms with Crippen LogP contribution in [0.1, 0.15) is 20.3 Å². The molecule has 2 aliphatic rings. The van der Waals surface area contributed by atoms with Gasteiger partial charge in [-0.05, 0) is 13.3 Å². The molecule has 21 heavy (non-hydrogen) atoms. The lowest BCUT2D eigenvalue weighted by Crippen LogP contribution is -2.57. The lowest BCUT2D eigenvalue weighted by molar-refractivity contribution is -0.141. The first-order valence-electron chi connectivity index (χ1n) is 8.22. The van der Waals surface area contributed by atoms with Crippen LogP contribution in [0.2, 0.25) is 0 Å². The maximum Gasteiger partial charge on any atom is 0.239 e. The van der Waals surface area contributed by atoms with E-state index in [-0.39, 0.29) is 11.9 Å². The number of ether oxygens (including phenoxy) is 1. The number of piperazine rings is 1. The van der Waals surface area contributed by atoms with E-state index < -0.39 is 0 Å². The summed E-state index contributed by atoms with van der Waals surface area (Å²) in [5.74, 6) is 0.248. The normalized spacial score (nSPS) is 24.8. The third-order valence-electron chi connectivity index (χ3n) is 4.84. The highest BCUT2D eigenvalue weighted by molar-refractivity contribution is 5.81. The minimum Gasteiger partial charge on any atom is -0.378 e. The van der Waals surface area contributed by atoms with Gasteiger partial charge in [-0.2, -0.15) is 0 Å². The van der Waals surface area contributed by atoms with Gasteiger partial charge < -0.3 is 15.4 Å². The molecule has 0 aromatic heterocycles. The molecule has 0 spiro atoms. The molecular formula is C15H30N4O2. The summed E-state index contributed by atoms with van der Waals surface area (Å²) >= 11 is 0. The molecule has 0 aromatic carbocycles. The number of amides is 1. The van der Waals surface area contributed by atoms with E-state index in [0.717, 1.165) is 52.2 Å². The maximum atomic E-state index is 12.5. The largest absolute Gasteiger partial charge is 0.378 e. The highest BCUT2D eigenvalue weighted by Crippen LogP contribution is 2.13. The highest BCUT2D eigenvalue weighted by Gasteiger charge is 2.30. The van der Waals surface area contributed by atoms with Gasteiger partial charge in [0.15, 0.2) is 0 Å². The Hall–Kier alpha value is -0.690. The van der Waals surface area contributed by atoms with E-state index >= 15 is 0 Å². The molecule has 0 radical (unpaired) electrons. The Morgan fingerprint density at radius 3 is 2.19 bits per heavy atom. The van der Waals surface area contributed by atoms with Crippen LogP contribution in [0, 0.1) is 0 Å². The molecule has 122 valence electrons. The molecule has 1 amide bonds. The van der Waals surface area contributed by atoms with Crippen LogP contribution in [-0.2, 0) is 9.53 Å². The van der Waals surface area contributed by atoms with Crippen molar-refractivity contribution >= 4 is 5.91 Å². The lowest BCUT2D eigenvalue weighted by Gasteiger charge is -2.41. The number of nitrogens with zero attached hydrogens (tertiary/aromatic N) is 3. The molecule has 2 N–H and O–H groups in total.